The van der Waals surface area contributed by atoms with Crippen molar-refractivity contribution in [1.82, 2.24) is 9.97 Å². The fraction of sp³-hybridized carbons (Fsp3) is 0.500. The van der Waals surface area contributed by atoms with Crippen LogP contribution in [0.4, 0.5) is 23.0 Å². The number of rotatable bonds is 6. The Morgan fingerprint density at radius 1 is 1.28 bits per heavy atom. The zero-order valence-electron chi connectivity index (χ0n) is 18.0. The predicted octanol–water partition coefficient (Wildman–Crippen LogP) is 4.13. The lowest BCUT2D eigenvalue weighted by Gasteiger charge is -2.45. The van der Waals surface area contributed by atoms with Gasteiger partial charge >= 0.3 is 0 Å². The third-order valence-corrected chi connectivity index (χ3v) is 4.86. The number of aromatic nitrogens is 2. The van der Waals surface area contributed by atoms with Crippen LogP contribution in [-0.4, -0.2) is 40.7 Å². The highest BCUT2D eigenvalue weighted by Crippen LogP contribution is 2.30. The summed E-state index contributed by atoms with van der Waals surface area (Å²) in [5, 5.41) is 6.18. The van der Waals surface area contributed by atoms with Crippen LogP contribution >= 0.6 is 0 Å². The van der Waals surface area contributed by atoms with Crippen molar-refractivity contribution in [1.29, 1.82) is 0 Å². The summed E-state index contributed by atoms with van der Waals surface area (Å²) in [6.07, 6.45) is 1.94. The number of hydrogen-bond acceptors (Lipinski definition) is 6. The number of morpholine rings is 1. The van der Waals surface area contributed by atoms with Crippen LogP contribution in [0.25, 0.3) is 0 Å². The first kappa shape index (κ1) is 21.0. The van der Waals surface area contributed by atoms with Crippen LogP contribution in [0.3, 0.4) is 0 Å². The van der Waals surface area contributed by atoms with E-state index >= 15 is 0 Å². The van der Waals surface area contributed by atoms with E-state index < -0.39 is 0 Å². The zero-order valence-corrected chi connectivity index (χ0v) is 18.0. The molecule has 3 rings (SSSR count). The molecule has 7 heteroatoms. The van der Waals surface area contributed by atoms with E-state index in [4.69, 9.17) is 14.7 Å². The summed E-state index contributed by atoms with van der Waals surface area (Å²) in [5.74, 6) is 2.37. The molecule has 0 spiro atoms. The van der Waals surface area contributed by atoms with Gasteiger partial charge in [0.05, 0.1) is 18.2 Å². The minimum absolute atomic E-state index is 0.0969. The molecule has 2 aromatic rings. The van der Waals surface area contributed by atoms with Gasteiger partial charge in [-0.15, -0.1) is 0 Å². The molecule has 0 saturated carbocycles. The van der Waals surface area contributed by atoms with Crippen LogP contribution in [0.5, 0.6) is 0 Å². The molecule has 1 aliphatic rings. The Hall–Kier alpha value is -2.67. The lowest BCUT2D eigenvalue weighted by Crippen LogP contribution is -2.56. The van der Waals surface area contributed by atoms with Crippen LogP contribution in [0.2, 0.25) is 0 Å². The molecule has 0 bridgehead atoms. The Morgan fingerprint density at radius 2 is 2.03 bits per heavy atom. The predicted molar refractivity (Wildman–Crippen MR) is 117 cm³/mol. The van der Waals surface area contributed by atoms with Crippen molar-refractivity contribution in [2.24, 2.45) is 0 Å². The average molecular weight is 398 g/mol. The Bertz CT molecular complexity index is 868. The summed E-state index contributed by atoms with van der Waals surface area (Å²) < 4.78 is 5.86. The molecule has 2 heterocycles. The normalized spacial score (nSPS) is 18.4. The van der Waals surface area contributed by atoms with Gasteiger partial charge < -0.3 is 20.3 Å². The van der Waals surface area contributed by atoms with E-state index in [1.807, 2.05) is 30.3 Å². The zero-order chi connectivity index (χ0) is 21.0. The van der Waals surface area contributed by atoms with E-state index in [0.29, 0.717) is 6.61 Å². The van der Waals surface area contributed by atoms with Crippen molar-refractivity contribution in [3.8, 4) is 0 Å². The molecule has 7 nitrogen and oxygen atoms in total. The standard InChI is InChI=1S/C22H31N5O2/c1-6-8-19-25-20(24-18-10-7-9-17(11-18)23-16(3)28)12-21(26-19)27-13-15(2)29-14-22(27,4)5/h7,9-12,15H,6,8,13-14H2,1-5H3,(H,23,28)(H,24,25,26). The van der Waals surface area contributed by atoms with Crippen LogP contribution < -0.4 is 15.5 Å². The molecule has 0 aliphatic carbocycles. The third-order valence-electron chi connectivity index (χ3n) is 4.86. The van der Waals surface area contributed by atoms with E-state index in [0.717, 1.165) is 48.2 Å². The minimum Gasteiger partial charge on any atom is -0.374 e. The lowest BCUT2D eigenvalue weighted by atomic mass is 10.0. The Balaban J connectivity index is 1.92. The smallest absolute Gasteiger partial charge is 0.221 e. The molecule has 156 valence electrons. The number of ether oxygens (including phenoxy) is 1. The molecule has 1 aliphatic heterocycles. The number of nitrogens with one attached hydrogen (secondary N) is 2. The van der Waals surface area contributed by atoms with Crippen LogP contribution in [0, 0.1) is 0 Å². The summed E-state index contributed by atoms with van der Waals surface area (Å²) in [6, 6.07) is 9.59. The third kappa shape index (κ3) is 5.44. The van der Waals surface area contributed by atoms with Crippen molar-refractivity contribution < 1.29 is 9.53 Å². The molecule has 1 saturated heterocycles. The summed E-state index contributed by atoms with van der Waals surface area (Å²) in [5.41, 5.74) is 1.46. The van der Waals surface area contributed by atoms with Crippen molar-refractivity contribution in [2.45, 2.75) is 59.1 Å². The number of carbonyl (C=O) groups excluding carboxylic acids is 1. The number of anilines is 4. The number of amides is 1. The maximum atomic E-state index is 11.3. The number of nitrogens with zero attached hydrogens (tertiary/aromatic N) is 3. The molecular formula is C22H31N5O2. The second-order valence-corrected chi connectivity index (χ2v) is 8.21. The number of benzene rings is 1. The van der Waals surface area contributed by atoms with E-state index in [2.05, 4.69) is 43.2 Å². The van der Waals surface area contributed by atoms with Crippen molar-refractivity contribution in [3.63, 3.8) is 0 Å². The quantitative estimate of drug-likeness (QED) is 0.763. The second-order valence-electron chi connectivity index (χ2n) is 8.21. The van der Waals surface area contributed by atoms with Gasteiger partial charge in [0.2, 0.25) is 5.91 Å². The van der Waals surface area contributed by atoms with Gasteiger partial charge in [0.15, 0.2) is 0 Å². The molecule has 1 aromatic heterocycles. The highest BCUT2D eigenvalue weighted by molar-refractivity contribution is 5.89. The first-order valence-corrected chi connectivity index (χ1v) is 10.2. The van der Waals surface area contributed by atoms with Crippen molar-refractivity contribution in [2.75, 3.05) is 28.7 Å². The number of aryl methyl sites for hydroxylation is 1. The molecule has 1 fully saturated rings. The van der Waals surface area contributed by atoms with Crippen LogP contribution in [-0.2, 0) is 16.0 Å². The van der Waals surface area contributed by atoms with E-state index in [1.165, 1.54) is 6.92 Å². The number of carbonyl (C=O) groups is 1. The number of hydrogen-bond donors (Lipinski definition) is 2. The molecule has 29 heavy (non-hydrogen) atoms. The van der Waals surface area contributed by atoms with E-state index in [1.54, 1.807) is 0 Å². The van der Waals surface area contributed by atoms with E-state index in [9.17, 15) is 4.79 Å². The highest BCUT2D eigenvalue weighted by Gasteiger charge is 2.34. The van der Waals surface area contributed by atoms with Gasteiger partial charge in [-0.1, -0.05) is 13.0 Å². The van der Waals surface area contributed by atoms with Gasteiger partial charge in [0.25, 0.3) is 0 Å². The average Bonchev–Trinajstić information content (AvgIpc) is 2.63. The highest BCUT2D eigenvalue weighted by atomic mass is 16.5. The topological polar surface area (TPSA) is 79.4 Å². The Morgan fingerprint density at radius 3 is 2.76 bits per heavy atom. The molecule has 0 radical (unpaired) electrons. The maximum absolute atomic E-state index is 11.3. The van der Waals surface area contributed by atoms with Gasteiger partial charge in [0, 0.05) is 37.3 Å². The fourth-order valence-corrected chi connectivity index (χ4v) is 3.43. The Kier molecular flexibility index (Phi) is 6.37. The van der Waals surface area contributed by atoms with E-state index in [-0.39, 0.29) is 17.6 Å². The largest absolute Gasteiger partial charge is 0.374 e. The Labute approximate surface area is 172 Å². The van der Waals surface area contributed by atoms with Crippen LogP contribution in [0.15, 0.2) is 30.3 Å². The maximum Gasteiger partial charge on any atom is 0.221 e. The fourth-order valence-electron chi connectivity index (χ4n) is 3.43. The molecule has 1 aromatic carbocycles. The van der Waals surface area contributed by atoms with Gasteiger partial charge in [-0.25, -0.2) is 9.97 Å². The van der Waals surface area contributed by atoms with Gasteiger partial charge in [0.1, 0.15) is 17.5 Å². The van der Waals surface area contributed by atoms with Gasteiger partial charge in [-0.2, -0.15) is 0 Å². The molecule has 1 atom stereocenters. The molecule has 1 amide bonds. The lowest BCUT2D eigenvalue weighted by molar-refractivity contribution is -0.114. The van der Waals surface area contributed by atoms with Crippen molar-refractivity contribution >= 4 is 28.9 Å². The molecular weight excluding hydrogens is 366 g/mol. The van der Waals surface area contributed by atoms with Gasteiger partial charge in [-0.3, -0.25) is 4.79 Å². The second kappa shape index (κ2) is 8.78. The van der Waals surface area contributed by atoms with Crippen LogP contribution in [0.1, 0.15) is 46.9 Å². The summed E-state index contributed by atoms with van der Waals surface area (Å²) in [4.78, 5) is 23.2. The summed E-state index contributed by atoms with van der Waals surface area (Å²) in [7, 11) is 0. The SMILES string of the molecule is CCCc1nc(Nc2cccc(NC(C)=O)c2)cc(N2CC(C)OCC2(C)C)n1. The summed E-state index contributed by atoms with van der Waals surface area (Å²) >= 11 is 0. The monoisotopic (exact) mass is 397 g/mol. The molecule has 2 N–H and O–H groups in total. The minimum atomic E-state index is -0.146. The first-order valence-electron chi connectivity index (χ1n) is 10.2. The van der Waals surface area contributed by atoms with Gasteiger partial charge in [-0.05, 0) is 45.4 Å². The van der Waals surface area contributed by atoms with Crippen molar-refractivity contribution in [3.05, 3.63) is 36.2 Å². The first-order chi connectivity index (χ1) is 13.8. The summed E-state index contributed by atoms with van der Waals surface area (Å²) in [6.45, 7) is 11.5. The molecule has 1 unspecified atom stereocenters.